The van der Waals surface area contributed by atoms with E-state index in [2.05, 4.69) is 34.1 Å². The predicted octanol–water partition coefficient (Wildman–Crippen LogP) is 5.52. The number of carbonyl (C=O) groups is 2. The van der Waals surface area contributed by atoms with Gasteiger partial charge < -0.3 is 29.2 Å². The first kappa shape index (κ1) is 24.7. The highest BCUT2D eigenvalue weighted by Gasteiger charge is 2.37. The fourth-order valence-electron chi connectivity index (χ4n) is 5.33. The van der Waals surface area contributed by atoms with Crippen LogP contribution in [0.1, 0.15) is 43.0 Å². The van der Waals surface area contributed by atoms with Gasteiger partial charge in [0.25, 0.3) is 0 Å². The first-order chi connectivity index (χ1) is 18.5. The summed E-state index contributed by atoms with van der Waals surface area (Å²) in [5.41, 5.74) is 4.98. The summed E-state index contributed by atoms with van der Waals surface area (Å²) in [7, 11) is 5.13. The van der Waals surface area contributed by atoms with Gasteiger partial charge in [0.2, 0.25) is 0 Å². The fourth-order valence-corrected chi connectivity index (χ4v) is 7.54. The van der Waals surface area contributed by atoms with Gasteiger partial charge in [-0.05, 0) is 60.3 Å². The van der Waals surface area contributed by atoms with Gasteiger partial charge in [-0.15, -0.1) is 22.7 Å². The molecule has 0 saturated heterocycles. The third-order valence-electron chi connectivity index (χ3n) is 7.23. The molecule has 0 spiro atoms. The van der Waals surface area contributed by atoms with E-state index in [1.54, 1.807) is 18.6 Å². The zero-order valence-electron chi connectivity index (χ0n) is 21.4. The second-order valence-corrected chi connectivity index (χ2v) is 11.5. The molecule has 196 valence electrons. The summed E-state index contributed by atoms with van der Waals surface area (Å²) in [5.74, 6) is 0.289. The lowest BCUT2D eigenvalue weighted by Crippen LogP contribution is -2.38. The smallest absolute Gasteiger partial charge is 0.350 e. The molecule has 1 N–H and O–H groups in total. The Balaban J connectivity index is 1.47. The van der Waals surface area contributed by atoms with E-state index in [0.717, 1.165) is 36.5 Å². The number of likely N-dealkylation sites (N-methyl/N-ethyl adjacent to an activating group) is 1. The van der Waals surface area contributed by atoms with Crippen molar-refractivity contribution in [3.63, 3.8) is 0 Å². The minimum atomic E-state index is -0.468. The SMILES string of the molecule is COC(=O)c1sccc1NC(=O)N1Cc2c(sc3c2CCN(C)C3)-n2cccc2[C@@H]1c1ccc(OC)cc1. The molecule has 10 heteroatoms. The van der Waals surface area contributed by atoms with E-state index in [4.69, 9.17) is 9.47 Å². The van der Waals surface area contributed by atoms with Gasteiger partial charge in [-0.1, -0.05) is 12.1 Å². The van der Waals surface area contributed by atoms with Gasteiger partial charge in [-0.3, -0.25) is 0 Å². The summed E-state index contributed by atoms with van der Waals surface area (Å²) in [6, 6.07) is 13.1. The molecule has 4 aromatic rings. The average molecular weight is 549 g/mol. The van der Waals surface area contributed by atoms with E-state index in [9.17, 15) is 9.59 Å². The van der Waals surface area contributed by atoms with Crippen molar-refractivity contribution >= 4 is 40.4 Å². The normalized spacial score (nSPS) is 16.7. The van der Waals surface area contributed by atoms with Crippen molar-refractivity contribution in [2.75, 3.05) is 33.1 Å². The van der Waals surface area contributed by atoms with Crippen molar-refractivity contribution in [2.45, 2.75) is 25.6 Å². The van der Waals surface area contributed by atoms with Crippen molar-refractivity contribution in [3.8, 4) is 10.8 Å². The van der Waals surface area contributed by atoms with Crippen LogP contribution in [0.5, 0.6) is 5.75 Å². The molecule has 0 radical (unpaired) electrons. The summed E-state index contributed by atoms with van der Waals surface area (Å²) >= 11 is 3.06. The number of benzene rings is 1. The number of methoxy groups -OCH3 is 2. The Kier molecular flexibility index (Phi) is 6.46. The average Bonchev–Trinajstić information content (AvgIpc) is 3.65. The number of amides is 2. The van der Waals surface area contributed by atoms with Crippen LogP contribution < -0.4 is 10.1 Å². The summed E-state index contributed by atoms with van der Waals surface area (Å²) in [6.45, 7) is 2.35. The molecule has 38 heavy (non-hydrogen) atoms. The van der Waals surface area contributed by atoms with Crippen molar-refractivity contribution in [1.29, 1.82) is 0 Å². The number of anilines is 1. The minimum absolute atomic E-state index is 0.275. The topological polar surface area (TPSA) is 76.0 Å². The van der Waals surface area contributed by atoms with Crippen LogP contribution in [0.2, 0.25) is 0 Å². The van der Waals surface area contributed by atoms with Crippen LogP contribution in [0.15, 0.2) is 54.0 Å². The lowest BCUT2D eigenvalue weighted by atomic mass is 10.00. The minimum Gasteiger partial charge on any atom is -0.497 e. The number of ether oxygens (including phenoxy) is 2. The number of esters is 1. The van der Waals surface area contributed by atoms with Crippen LogP contribution in [0, 0.1) is 0 Å². The molecule has 0 saturated carbocycles. The number of hydrogen-bond acceptors (Lipinski definition) is 7. The molecule has 6 rings (SSSR count). The maximum Gasteiger partial charge on any atom is 0.350 e. The molecule has 0 aliphatic carbocycles. The first-order valence-electron chi connectivity index (χ1n) is 12.4. The fraction of sp³-hybridized carbons (Fsp3) is 0.286. The number of carbonyl (C=O) groups excluding carboxylic acids is 2. The Morgan fingerprint density at radius 1 is 1.05 bits per heavy atom. The molecular formula is C28H28N4O4S2. The molecular weight excluding hydrogens is 520 g/mol. The highest BCUT2D eigenvalue weighted by Crippen LogP contribution is 2.44. The van der Waals surface area contributed by atoms with Crippen LogP contribution in [-0.2, 0) is 24.2 Å². The van der Waals surface area contributed by atoms with Gasteiger partial charge in [-0.2, -0.15) is 0 Å². The van der Waals surface area contributed by atoms with Crippen molar-refractivity contribution < 1.29 is 19.1 Å². The number of aromatic nitrogens is 1. The van der Waals surface area contributed by atoms with Crippen LogP contribution in [0.4, 0.5) is 10.5 Å². The molecule has 3 aromatic heterocycles. The number of nitrogens with one attached hydrogen (secondary N) is 1. The zero-order valence-corrected chi connectivity index (χ0v) is 23.0. The monoisotopic (exact) mass is 548 g/mol. The standard InChI is InChI=1S/C28H28N4O4S2/c1-30-13-10-19-20-15-32(28(34)29-21-11-14-37-25(21)27(33)36-3)24(17-6-8-18(35-2)9-7-17)22-5-4-12-31(22)26(20)38-23(19)16-30/h4-9,11-12,14,24H,10,13,15-16H2,1-3H3,(H,29,34)/t24-/m0/s1. The van der Waals surface area contributed by atoms with Crippen LogP contribution in [-0.4, -0.2) is 54.2 Å². The number of fused-ring (bicyclic) bond motifs is 5. The summed E-state index contributed by atoms with van der Waals surface area (Å²) in [6.07, 6.45) is 3.04. The third kappa shape index (κ3) is 4.18. The van der Waals surface area contributed by atoms with Gasteiger partial charge in [0, 0.05) is 29.7 Å². The van der Waals surface area contributed by atoms with E-state index in [0.29, 0.717) is 17.1 Å². The van der Waals surface area contributed by atoms with Crippen LogP contribution in [0.25, 0.3) is 5.00 Å². The molecule has 5 heterocycles. The second-order valence-electron chi connectivity index (χ2n) is 9.47. The van der Waals surface area contributed by atoms with Crippen molar-refractivity contribution in [2.24, 2.45) is 0 Å². The lowest BCUT2D eigenvalue weighted by Gasteiger charge is -2.32. The maximum absolute atomic E-state index is 14.1. The predicted molar refractivity (Wildman–Crippen MR) is 149 cm³/mol. The van der Waals surface area contributed by atoms with Crippen LogP contribution in [0.3, 0.4) is 0 Å². The van der Waals surface area contributed by atoms with Gasteiger partial charge in [0.1, 0.15) is 15.6 Å². The van der Waals surface area contributed by atoms with E-state index in [1.165, 1.54) is 39.5 Å². The van der Waals surface area contributed by atoms with Crippen molar-refractivity contribution in [3.05, 3.63) is 86.2 Å². The lowest BCUT2D eigenvalue weighted by molar-refractivity contribution is 0.0607. The van der Waals surface area contributed by atoms with Crippen molar-refractivity contribution in [1.82, 2.24) is 14.4 Å². The molecule has 2 aliphatic heterocycles. The molecule has 2 aliphatic rings. The Bertz CT molecular complexity index is 1500. The highest BCUT2D eigenvalue weighted by molar-refractivity contribution is 7.15. The maximum atomic E-state index is 14.1. The van der Waals surface area contributed by atoms with Gasteiger partial charge in [-0.25, -0.2) is 9.59 Å². The Labute approximate surface area is 229 Å². The number of urea groups is 1. The van der Waals surface area contributed by atoms with Gasteiger partial charge in [0.05, 0.1) is 38.2 Å². The first-order valence-corrected chi connectivity index (χ1v) is 14.0. The van der Waals surface area contributed by atoms with Gasteiger partial charge in [0.15, 0.2) is 0 Å². The zero-order chi connectivity index (χ0) is 26.4. The quantitative estimate of drug-likeness (QED) is 0.340. The van der Waals surface area contributed by atoms with E-state index in [-0.39, 0.29) is 12.1 Å². The summed E-state index contributed by atoms with van der Waals surface area (Å²) in [5, 5.41) is 5.97. The highest BCUT2D eigenvalue weighted by atomic mass is 32.1. The molecule has 2 amide bonds. The molecule has 0 bridgehead atoms. The van der Waals surface area contributed by atoms with E-state index >= 15 is 0 Å². The Morgan fingerprint density at radius 2 is 1.87 bits per heavy atom. The Hall–Kier alpha value is -3.60. The second kappa shape index (κ2) is 9.94. The largest absolute Gasteiger partial charge is 0.497 e. The van der Waals surface area contributed by atoms with E-state index in [1.807, 2.05) is 46.6 Å². The number of hydrogen-bond donors (Lipinski definition) is 1. The number of thiophene rings is 2. The molecule has 1 atom stereocenters. The summed E-state index contributed by atoms with van der Waals surface area (Å²) < 4.78 is 12.6. The number of nitrogens with zero attached hydrogens (tertiary/aromatic N) is 3. The third-order valence-corrected chi connectivity index (χ3v) is 9.38. The molecule has 8 nitrogen and oxygen atoms in total. The van der Waals surface area contributed by atoms with Gasteiger partial charge >= 0.3 is 12.0 Å². The Morgan fingerprint density at radius 3 is 2.63 bits per heavy atom. The number of rotatable bonds is 4. The molecule has 1 aromatic carbocycles. The molecule has 0 fully saturated rings. The van der Waals surface area contributed by atoms with E-state index < -0.39 is 5.97 Å². The molecule has 0 unspecified atom stereocenters. The summed E-state index contributed by atoms with van der Waals surface area (Å²) in [4.78, 5) is 32.4. The van der Waals surface area contributed by atoms with Crippen LogP contribution >= 0.6 is 22.7 Å².